The second-order valence-electron chi connectivity index (χ2n) is 6.34. The van der Waals surface area contributed by atoms with Gasteiger partial charge in [-0.1, -0.05) is 6.07 Å². The Morgan fingerprint density at radius 2 is 1.89 bits per heavy atom. The molecule has 1 unspecified atom stereocenters. The van der Waals surface area contributed by atoms with Gasteiger partial charge in [-0.2, -0.15) is 0 Å². The minimum absolute atomic E-state index is 0.0318. The molecule has 2 aromatic rings. The molecule has 8 heteroatoms. The van der Waals surface area contributed by atoms with Gasteiger partial charge in [-0.15, -0.1) is 0 Å². The van der Waals surface area contributed by atoms with Gasteiger partial charge in [-0.3, -0.25) is 19.3 Å². The lowest BCUT2D eigenvalue weighted by Gasteiger charge is -2.33. The van der Waals surface area contributed by atoms with Crippen LogP contribution in [0.4, 0.5) is 11.4 Å². The third kappa shape index (κ3) is 3.71. The maximum Gasteiger partial charge on any atom is 0.335 e. The van der Waals surface area contributed by atoms with Crippen LogP contribution >= 0.6 is 0 Å². The highest BCUT2D eigenvalue weighted by molar-refractivity contribution is 6.08. The average Bonchev–Trinajstić information content (AvgIpc) is 2.67. The van der Waals surface area contributed by atoms with Gasteiger partial charge in [0.2, 0.25) is 5.91 Å². The van der Waals surface area contributed by atoms with Crippen LogP contribution in [0, 0.1) is 0 Å². The van der Waals surface area contributed by atoms with Crippen molar-refractivity contribution < 1.29 is 29.0 Å². The summed E-state index contributed by atoms with van der Waals surface area (Å²) in [7, 11) is 0. The number of fused-ring (bicyclic) bond motifs is 1. The summed E-state index contributed by atoms with van der Waals surface area (Å²) in [5, 5.41) is 11.7. The molecular weight excluding hydrogens is 364 g/mol. The predicted octanol–water partition coefficient (Wildman–Crippen LogP) is 2.34. The van der Waals surface area contributed by atoms with Crippen LogP contribution in [0.5, 0.6) is 5.75 Å². The smallest absolute Gasteiger partial charge is 0.335 e. The van der Waals surface area contributed by atoms with Gasteiger partial charge >= 0.3 is 5.97 Å². The molecule has 28 heavy (non-hydrogen) atoms. The number of carboxylic acid groups (broad SMARTS) is 1. The van der Waals surface area contributed by atoms with Gasteiger partial charge in [-0.25, -0.2) is 4.79 Å². The van der Waals surface area contributed by atoms with E-state index in [-0.39, 0.29) is 18.0 Å². The zero-order valence-electron chi connectivity index (χ0n) is 15.3. The van der Waals surface area contributed by atoms with Crippen LogP contribution in [0.3, 0.4) is 0 Å². The lowest BCUT2D eigenvalue weighted by molar-refractivity contribution is -0.125. The number of ether oxygens (including phenoxy) is 1. The third-order valence-electron chi connectivity index (χ3n) is 4.39. The lowest BCUT2D eigenvalue weighted by Crippen LogP contribution is -2.49. The van der Waals surface area contributed by atoms with E-state index < -0.39 is 23.8 Å². The third-order valence-corrected chi connectivity index (χ3v) is 4.39. The van der Waals surface area contributed by atoms with Crippen molar-refractivity contribution >= 4 is 34.9 Å². The summed E-state index contributed by atoms with van der Waals surface area (Å²) in [4.78, 5) is 49.2. The normalized spacial score (nSPS) is 13.9. The summed E-state index contributed by atoms with van der Waals surface area (Å²) < 4.78 is 5.39. The van der Waals surface area contributed by atoms with E-state index in [4.69, 9.17) is 9.84 Å². The molecule has 144 valence electrons. The van der Waals surface area contributed by atoms with Crippen LogP contribution in [-0.4, -0.2) is 41.3 Å². The summed E-state index contributed by atoms with van der Waals surface area (Å²) in [5.41, 5.74) is 1.06. The molecule has 8 nitrogen and oxygen atoms in total. The molecule has 3 rings (SSSR count). The lowest BCUT2D eigenvalue weighted by atomic mass is 10.1. The van der Waals surface area contributed by atoms with Crippen LogP contribution in [0.15, 0.2) is 42.5 Å². The fraction of sp³-hybridized carbons (Fsp3) is 0.200. The van der Waals surface area contributed by atoms with Crippen molar-refractivity contribution in [3.8, 4) is 5.75 Å². The molecule has 0 aromatic heterocycles. The fourth-order valence-electron chi connectivity index (χ4n) is 2.91. The van der Waals surface area contributed by atoms with Crippen molar-refractivity contribution in [2.45, 2.75) is 19.9 Å². The highest BCUT2D eigenvalue weighted by Gasteiger charge is 2.33. The van der Waals surface area contributed by atoms with Gasteiger partial charge in [0.25, 0.3) is 5.91 Å². The number of carboxylic acids is 1. The topological polar surface area (TPSA) is 113 Å². The molecule has 0 bridgehead atoms. The molecule has 0 radical (unpaired) electrons. The highest BCUT2D eigenvalue weighted by atomic mass is 16.5. The SMILES string of the molecule is CC(=O)c1ccc2c(c1)N(C(C)C(=O)Nc1cccc(C(=O)O)c1)C(=O)CO2. The number of hydrogen-bond acceptors (Lipinski definition) is 5. The molecule has 2 amide bonds. The van der Waals surface area contributed by atoms with Gasteiger partial charge in [0.05, 0.1) is 11.3 Å². The first kappa shape index (κ1) is 19.1. The molecule has 0 spiro atoms. The van der Waals surface area contributed by atoms with E-state index in [9.17, 15) is 19.2 Å². The molecule has 0 fully saturated rings. The maximum atomic E-state index is 12.7. The molecule has 1 heterocycles. The Labute approximate surface area is 160 Å². The van der Waals surface area contributed by atoms with Gasteiger partial charge < -0.3 is 15.2 Å². The van der Waals surface area contributed by atoms with Gasteiger partial charge in [-0.05, 0) is 50.2 Å². The van der Waals surface area contributed by atoms with Gasteiger partial charge in [0.1, 0.15) is 11.8 Å². The van der Waals surface area contributed by atoms with E-state index in [2.05, 4.69) is 5.32 Å². The van der Waals surface area contributed by atoms with Crippen LogP contribution in [-0.2, 0) is 9.59 Å². The number of amides is 2. The minimum Gasteiger partial charge on any atom is -0.482 e. The van der Waals surface area contributed by atoms with Crippen molar-refractivity contribution in [3.63, 3.8) is 0 Å². The van der Waals surface area contributed by atoms with E-state index in [1.54, 1.807) is 25.1 Å². The van der Waals surface area contributed by atoms with E-state index in [1.807, 2.05) is 0 Å². The van der Waals surface area contributed by atoms with Crippen molar-refractivity contribution in [1.82, 2.24) is 0 Å². The summed E-state index contributed by atoms with van der Waals surface area (Å²) in [6, 6.07) is 9.60. The second-order valence-corrected chi connectivity index (χ2v) is 6.34. The van der Waals surface area contributed by atoms with Crippen LogP contribution in [0.1, 0.15) is 34.6 Å². The summed E-state index contributed by atoms with van der Waals surface area (Å²) >= 11 is 0. The number of Topliss-reactive ketones (excluding diaryl/α,β-unsaturated/α-hetero) is 1. The number of carbonyl (C=O) groups is 4. The quantitative estimate of drug-likeness (QED) is 0.768. The number of hydrogen-bond donors (Lipinski definition) is 2. The number of nitrogens with zero attached hydrogens (tertiary/aromatic N) is 1. The number of aromatic carboxylic acids is 1. The fourth-order valence-corrected chi connectivity index (χ4v) is 2.91. The monoisotopic (exact) mass is 382 g/mol. The standard InChI is InChI=1S/C20H18N2O6/c1-11(19(25)21-15-5-3-4-14(8-15)20(26)27)22-16-9-13(12(2)23)6-7-17(16)28-10-18(22)24/h3-9,11H,10H2,1-2H3,(H,21,25)(H,26,27). The minimum atomic E-state index is -1.11. The molecule has 2 N–H and O–H groups in total. The molecule has 1 atom stereocenters. The van der Waals surface area contributed by atoms with Gasteiger partial charge in [0, 0.05) is 11.3 Å². The number of anilines is 2. The molecule has 0 aliphatic carbocycles. The molecule has 2 aromatic carbocycles. The van der Waals surface area contributed by atoms with Crippen LogP contribution in [0.25, 0.3) is 0 Å². The first-order valence-electron chi connectivity index (χ1n) is 8.52. The number of ketones is 1. The Bertz CT molecular complexity index is 984. The first-order chi connectivity index (χ1) is 13.3. The summed E-state index contributed by atoms with van der Waals surface area (Å²) in [5.74, 6) is -1.81. The Morgan fingerprint density at radius 1 is 1.14 bits per heavy atom. The predicted molar refractivity (Wildman–Crippen MR) is 101 cm³/mol. The number of carbonyl (C=O) groups excluding carboxylic acids is 3. The van der Waals surface area contributed by atoms with Crippen molar-refractivity contribution in [2.24, 2.45) is 0 Å². The van der Waals surface area contributed by atoms with Gasteiger partial charge in [0.15, 0.2) is 12.4 Å². The number of rotatable bonds is 5. The van der Waals surface area contributed by atoms with Crippen LogP contribution < -0.4 is 15.0 Å². The van der Waals surface area contributed by atoms with E-state index in [0.717, 1.165) is 0 Å². The Morgan fingerprint density at radius 3 is 2.57 bits per heavy atom. The molecule has 1 aliphatic heterocycles. The molecular formula is C20H18N2O6. The zero-order chi connectivity index (χ0) is 20.4. The Balaban J connectivity index is 1.88. The van der Waals surface area contributed by atoms with E-state index in [0.29, 0.717) is 22.7 Å². The largest absolute Gasteiger partial charge is 0.482 e. The van der Waals surface area contributed by atoms with E-state index in [1.165, 1.54) is 36.1 Å². The average molecular weight is 382 g/mol. The Kier molecular flexibility index (Phi) is 5.12. The summed E-state index contributed by atoms with van der Waals surface area (Å²) in [6.45, 7) is 2.73. The van der Waals surface area contributed by atoms with E-state index >= 15 is 0 Å². The van der Waals surface area contributed by atoms with Crippen molar-refractivity contribution in [2.75, 3.05) is 16.8 Å². The Hall–Kier alpha value is -3.68. The highest BCUT2D eigenvalue weighted by Crippen LogP contribution is 2.34. The van der Waals surface area contributed by atoms with Crippen molar-refractivity contribution in [1.29, 1.82) is 0 Å². The van der Waals surface area contributed by atoms with Crippen LogP contribution in [0.2, 0.25) is 0 Å². The second kappa shape index (κ2) is 7.51. The molecule has 0 saturated heterocycles. The molecule has 1 aliphatic rings. The molecule has 0 saturated carbocycles. The first-order valence-corrected chi connectivity index (χ1v) is 8.52. The zero-order valence-corrected chi connectivity index (χ0v) is 15.3. The number of benzene rings is 2. The summed E-state index contributed by atoms with van der Waals surface area (Å²) in [6.07, 6.45) is 0. The number of nitrogens with one attached hydrogen (secondary N) is 1. The van der Waals surface area contributed by atoms with Crippen molar-refractivity contribution in [3.05, 3.63) is 53.6 Å². The maximum absolute atomic E-state index is 12.7.